The lowest BCUT2D eigenvalue weighted by Gasteiger charge is -2.23. The first kappa shape index (κ1) is 23.0. The summed E-state index contributed by atoms with van der Waals surface area (Å²) < 4.78 is 10.2. The van der Waals surface area contributed by atoms with Gasteiger partial charge in [0.1, 0.15) is 13.2 Å². The molecule has 2 unspecified atom stereocenters. The number of cyclic esters (lactones) is 2. The molecular formula is C26H30N2O6. The molecule has 1 saturated heterocycles. The molecule has 3 aliphatic rings. The van der Waals surface area contributed by atoms with E-state index in [0.29, 0.717) is 24.2 Å². The Morgan fingerprint density at radius 2 is 1.50 bits per heavy atom. The number of aliphatic hydroxyl groups excluding tert-OH is 2. The molecule has 0 saturated carbocycles. The molecule has 3 N–H and O–H groups in total. The number of likely N-dealkylation sites (tertiary alicyclic amines) is 1. The Hall–Kier alpha value is -2.78. The van der Waals surface area contributed by atoms with Crippen molar-refractivity contribution in [2.45, 2.75) is 51.7 Å². The zero-order valence-corrected chi connectivity index (χ0v) is 19.5. The van der Waals surface area contributed by atoms with Crippen LogP contribution in [0.4, 0.5) is 0 Å². The maximum Gasteiger partial charge on any atom is 0.338 e. The normalized spacial score (nSPS) is 21.2. The number of aliphatic hydroxyl groups is 2. The van der Waals surface area contributed by atoms with Crippen LogP contribution in [0.2, 0.25) is 0 Å². The summed E-state index contributed by atoms with van der Waals surface area (Å²) >= 11 is 0. The van der Waals surface area contributed by atoms with Gasteiger partial charge in [0, 0.05) is 36.8 Å². The molecule has 5 rings (SSSR count). The van der Waals surface area contributed by atoms with Gasteiger partial charge in [-0.15, -0.1) is 0 Å². The third-order valence-electron chi connectivity index (χ3n) is 7.44. The number of fused-ring (bicyclic) bond motifs is 2. The topological polar surface area (TPSA) is 108 Å². The smallest absolute Gasteiger partial charge is 0.338 e. The number of hydrogen-bond donors (Lipinski definition) is 3. The molecule has 3 atom stereocenters. The van der Waals surface area contributed by atoms with Crippen LogP contribution in [0.15, 0.2) is 24.3 Å². The number of nitrogens with zero attached hydrogens (tertiary/aromatic N) is 1. The van der Waals surface area contributed by atoms with E-state index >= 15 is 0 Å². The van der Waals surface area contributed by atoms with Crippen LogP contribution in [-0.2, 0) is 22.7 Å². The van der Waals surface area contributed by atoms with Gasteiger partial charge in [-0.05, 0) is 61.2 Å². The van der Waals surface area contributed by atoms with Gasteiger partial charge in [-0.3, -0.25) is 4.90 Å². The van der Waals surface area contributed by atoms with Gasteiger partial charge in [0.15, 0.2) is 0 Å². The predicted molar refractivity (Wildman–Crippen MR) is 123 cm³/mol. The van der Waals surface area contributed by atoms with Crippen molar-refractivity contribution in [3.8, 4) is 0 Å². The van der Waals surface area contributed by atoms with Crippen LogP contribution in [0.5, 0.6) is 0 Å². The zero-order valence-electron chi connectivity index (χ0n) is 19.5. The minimum absolute atomic E-state index is 0.216. The summed E-state index contributed by atoms with van der Waals surface area (Å²) in [6.45, 7) is 6.93. The highest BCUT2D eigenvalue weighted by molar-refractivity contribution is 5.94. The Balaban J connectivity index is 1.15. The molecule has 3 aliphatic heterocycles. The fourth-order valence-electron chi connectivity index (χ4n) is 5.35. The highest BCUT2D eigenvalue weighted by Gasteiger charge is 2.29. The molecule has 2 aromatic rings. The molecule has 0 spiro atoms. The Morgan fingerprint density at radius 1 is 0.941 bits per heavy atom. The first-order valence-electron chi connectivity index (χ1n) is 11.7. The quantitative estimate of drug-likeness (QED) is 0.533. The number of benzene rings is 2. The number of carbonyl (C=O) groups excluding carboxylic acids is 2. The van der Waals surface area contributed by atoms with E-state index in [1.807, 2.05) is 26.0 Å². The number of hydrogen-bond acceptors (Lipinski definition) is 8. The standard InChI is InChI=1S/C26H30N2O6/c1-14-17(3-5-19-21(14)12-33-25(19)31)23(29)9-27-16-7-8-28(10-16)11-24(30)18-4-6-20-22(15(18)2)13-34-26(20)32/h3-6,16,23-24,27,29-30H,7-13H2,1-2H3/t16-,23?,24?/m1/s1. The van der Waals surface area contributed by atoms with Crippen molar-refractivity contribution in [1.82, 2.24) is 10.2 Å². The van der Waals surface area contributed by atoms with Crippen LogP contribution in [0.1, 0.15) is 72.7 Å². The van der Waals surface area contributed by atoms with Crippen molar-refractivity contribution >= 4 is 11.9 Å². The van der Waals surface area contributed by atoms with Crippen LogP contribution in [0.3, 0.4) is 0 Å². The number of nitrogens with one attached hydrogen (secondary N) is 1. The molecule has 0 aliphatic carbocycles. The van der Waals surface area contributed by atoms with Gasteiger partial charge in [0.2, 0.25) is 0 Å². The molecule has 0 amide bonds. The lowest BCUT2D eigenvalue weighted by molar-refractivity contribution is 0.0525. The molecule has 8 nitrogen and oxygen atoms in total. The van der Waals surface area contributed by atoms with E-state index < -0.39 is 12.2 Å². The van der Waals surface area contributed by atoms with E-state index in [2.05, 4.69) is 10.2 Å². The summed E-state index contributed by atoms with van der Waals surface area (Å²) in [4.78, 5) is 25.7. The average molecular weight is 467 g/mol. The van der Waals surface area contributed by atoms with Crippen molar-refractivity contribution in [2.75, 3.05) is 26.2 Å². The number of carbonyl (C=O) groups is 2. The molecule has 0 radical (unpaired) electrons. The van der Waals surface area contributed by atoms with E-state index in [9.17, 15) is 19.8 Å². The van der Waals surface area contributed by atoms with Gasteiger partial charge in [-0.2, -0.15) is 0 Å². The minimum atomic E-state index is -0.681. The van der Waals surface area contributed by atoms with Crippen LogP contribution in [-0.4, -0.2) is 59.3 Å². The van der Waals surface area contributed by atoms with E-state index in [-0.39, 0.29) is 31.2 Å². The van der Waals surface area contributed by atoms with Gasteiger partial charge in [0.25, 0.3) is 0 Å². The molecule has 0 bridgehead atoms. The van der Waals surface area contributed by atoms with Crippen molar-refractivity contribution in [2.24, 2.45) is 0 Å². The van der Waals surface area contributed by atoms with Crippen LogP contribution < -0.4 is 5.32 Å². The lowest BCUT2D eigenvalue weighted by Crippen LogP contribution is -2.36. The van der Waals surface area contributed by atoms with Crippen LogP contribution >= 0.6 is 0 Å². The summed E-state index contributed by atoms with van der Waals surface area (Å²) in [6, 6.07) is 7.33. The van der Waals surface area contributed by atoms with Gasteiger partial charge in [-0.1, -0.05) is 12.1 Å². The SMILES string of the molecule is Cc1c(C(O)CN[C@@H]2CCN(CC(O)c3ccc4c(c3C)COC4=O)C2)ccc2c1COC2=O. The average Bonchev–Trinajstić information content (AvgIpc) is 3.53. The number of rotatable bonds is 7. The second-order valence-corrected chi connectivity index (χ2v) is 9.45. The Bertz CT molecular complexity index is 1150. The zero-order chi connectivity index (χ0) is 24.0. The first-order chi connectivity index (χ1) is 16.3. The largest absolute Gasteiger partial charge is 0.457 e. The summed E-state index contributed by atoms with van der Waals surface area (Å²) in [7, 11) is 0. The first-order valence-corrected chi connectivity index (χ1v) is 11.7. The molecule has 1 fully saturated rings. The number of esters is 2. The van der Waals surface area contributed by atoms with E-state index in [4.69, 9.17) is 9.47 Å². The van der Waals surface area contributed by atoms with Crippen molar-refractivity contribution < 1.29 is 29.3 Å². The summed E-state index contributed by atoms with van der Waals surface area (Å²) in [5.74, 6) is -0.603. The van der Waals surface area contributed by atoms with Crippen LogP contribution in [0, 0.1) is 13.8 Å². The van der Waals surface area contributed by atoms with E-state index in [0.717, 1.165) is 52.9 Å². The maximum atomic E-state index is 11.8. The van der Waals surface area contributed by atoms with Crippen molar-refractivity contribution in [1.29, 1.82) is 0 Å². The molecule has 3 heterocycles. The predicted octanol–water partition coefficient (Wildman–Crippen LogP) is 2.08. The Morgan fingerprint density at radius 3 is 2.09 bits per heavy atom. The maximum absolute atomic E-state index is 11.8. The summed E-state index contributed by atoms with van der Waals surface area (Å²) in [5.41, 5.74) is 6.38. The van der Waals surface area contributed by atoms with Gasteiger partial charge in [-0.25, -0.2) is 9.59 Å². The highest BCUT2D eigenvalue weighted by atomic mass is 16.5. The number of ether oxygens (including phenoxy) is 2. The van der Waals surface area contributed by atoms with Crippen molar-refractivity contribution in [3.63, 3.8) is 0 Å². The molecular weight excluding hydrogens is 436 g/mol. The summed E-state index contributed by atoms with van der Waals surface area (Å²) in [6.07, 6.45) is -0.403. The highest BCUT2D eigenvalue weighted by Crippen LogP contribution is 2.31. The Kier molecular flexibility index (Phi) is 6.16. The second-order valence-electron chi connectivity index (χ2n) is 9.45. The van der Waals surface area contributed by atoms with Gasteiger partial charge < -0.3 is 25.0 Å². The summed E-state index contributed by atoms with van der Waals surface area (Å²) in [5, 5.41) is 25.1. The number of β-amino-alcohol motifs (C(OH)–C–C–N with tert-alkyl or cyclic N) is 1. The van der Waals surface area contributed by atoms with Gasteiger partial charge in [0.05, 0.1) is 23.3 Å². The minimum Gasteiger partial charge on any atom is -0.457 e. The fourth-order valence-corrected chi connectivity index (χ4v) is 5.35. The van der Waals surface area contributed by atoms with Gasteiger partial charge >= 0.3 is 11.9 Å². The lowest BCUT2D eigenvalue weighted by atomic mass is 9.95. The fraction of sp³-hybridized carbons (Fsp3) is 0.462. The Labute approximate surface area is 198 Å². The van der Waals surface area contributed by atoms with Crippen LogP contribution in [0.25, 0.3) is 0 Å². The third-order valence-corrected chi connectivity index (χ3v) is 7.44. The molecule has 180 valence electrons. The molecule has 34 heavy (non-hydrogen) atoms. The molecule has 2 aromatic carbocycles. The molecule has 8 heteroatoms. The van der Waals surface area contributed by atoms with E-state index in [1.165, 1.54) is 0 Å². The molecule has 0 aromatic heterocycles. The second kappa shape index (κ2) is 9.11. The van der Waals surface area contributed by atoms with E-state index in [1.54, 1.807) is 12.1 Å². The third kappa shape index (κ3) is 4.11. The van der Waals surface area contributed by atoms with Crippen molar-refractivity contribution in [3.05, 3.63) is 68.8 Å². The monoisotopic (exact) mass is 466 g/mol.